The van der Waals surface area contributed by atoms with Crippen LogP contribution in [0.5, 0.6) is 0 Å². The Morgan fingerprint density at radius 2 is 1.54 bits per heavy atom. The van der Waals surface area contributed by atoms with E-state index in [0.29, 0.717) is 39.3 Å². The zero-order valence-corrected chi connectivity index (χ0v) is 14.1. The fourth-order valence-corrected chi connectivity index (χ4v) is 2.22. The van der Waals surface area contributed by atoms with E-state index >= 15 is 0 Å². The van der Waals surface area contributed by atoms with Crippen LogP contribution in [0, 0.1) is 0 Å². The summed E-state index contributed by atoms with van der Waals surface area (Å²) in [4.78, 5) is 48.7. The van der Waals surface area contributed by atoms with Gasteiger partial charge in [-0.05, 0) is 0 Å². The van der Waals surface area contributed by atoms with Crippen molar-refractivity contribution in [2.24, 2.45) is 0 Å². The lowest BCUT2D eigenvalue weighted by Crippen LogP contribution is -2.45. The van der Waals surface area contributed by atoms with Gasteiger partial charge in [-0.15, -0.1) is 0 Å². The molecule has 0 atom stereocenters. The second-order valence-corrected chi connectivity index (χ2v) is 5.06. The van der Waals surface area contributed by atoms with Gasteiger partial charge in [0.2, 0.25) is 0 Å². The molecule has 1 heterocycles. The molecule has 0 aromatic heterocycles. The molecule has 1 aliphatic rings. The summed E-state index contributed by atoms with van der Waals surface area (Å²) < 4.78 is 4.87. The Morgan fingerprint density at radius 1 is 1.00 bits per heavy atom. The van der Waals surface area contributed by atoms with Gasteiger partial charge < -0.3 is 24.2 Å². The highest BCUT2D eigenvalue weighted by Crippen LogP contribution is 1.99. The van der Waals surface area contributed by atoms with Crippen molar-refractivity contribution in [3.63, 3.8) is 0 Å². The Morgan fingerprint density at radius 3 is 2.08 bits per heavy atom. The van der Waals surface area contributed by atoms with Crippen molar-refractivity contribution in [2.75, 3.05) is 72.6 Å². The maximum absolute atomic E-state index is 11.2. The highest BCUT2D eigenvalue weighted by molar-refractivity contribution is 5.72. The fourth-order valence-electron chi connectivity index (χ4n) is 2.22. The molecule has 1 aliphatic heterocycles. The first-order valence-corrected chi connectivity index (χ1v) is 7.78. The third-order valence-electron chi connectivity index (χ3n) is 3.49. The molecule has 0 radical (unpaired) electrons. The normalized spacial score (nSPS) is 14.8. The summed E-state index contributed by atoms with van der Waals surface area (Å²) in [5.41, 5.74) is 0. The molecule has 9 nitrogen and oxygen atoms in total. The summed E-state index contributed by atoms with van der Waals surface area (Å²) in [5, 5.41) is 7.00. The molecule has 1 rings (SSSR count). The second-order valence-electron chi connectivity index (χ2n) is 5.06. The minimum atomic E-state index is -0.226. The monoisotopic (exact) mass is 345 g/mol. The van der Waals surface area contributed by atoms with Crippen molar-refractivity contribution in [1.29, 1.82) is 0 Å². The molecule has 0 bridgehead atoms. The number of carbonyl (C=O) groups is 4. The van der Waals surface area contributed by atoms with E-state index in [4.69, 9.17) is 9.84 Å². The summed E-state index contributed by atoms with van der Waals surface area (Å²) in [6.07, 6.45) is 2.34. The number of hydrogen-bond donors (Lipinski definition) is 1. The van der Waals surface area contributed by atoms with Crippen molar-refractivity contribution >= 4 is 24.8 Å². The number of hydrogen-bond acceptors (Lipinski definition) is 9. The highest BCUT2D eigenvalue weighted by Gasteiger charge is 2.18. The Hall–Kier alpha value is -1.68. The van der Waals surface area contributed by atoms with Crippen molar-refractivity contribution in [2.45, 2.75) is 0 Å². The number of rotatable bonds is 12. The first-order chi connectivity index (χ1) is 11.7. The van der Waals surface area contributed by atoms with Crippen LogP contribution in [0.15, 0.2) is 0 Å². The van der Waals surface area contributed by atoms with Crippen LogP contribution in [0.25, 0.3) is 0 Å². The number of carbonyl (C=O) groups excluding carboxylic acids is 4. The Bertz CT molecular complexity index is 370. The van der Waals surface area contributed by atoms with E-state index in [2.05, 4.69) is 0 Å². The average Bonchev–Trinajstić information content (AvgIpc) is 2.59. The highest BCUT2D eigenvalue weighted by atomic mass is 16.5. The van der Waals surface area contributed by atoms with Gasteiger partial charge in [-0.1, -0.05) is 0 Å². The van der Waals surface area contributed by atoms with Crippen molar-refractivity contribution in [3.05, 3.63) is 0 Å². The third-order valence-corrected chi connectivity index (χ3v) is 3.49. The Labute approximate surface area is 142 Å². The lowest BCUT2D eigenvalue weighted by atomic mass is 10.3. The summed E-state index contributed by atoms with van der Waals surface area (Å²) in [6.45, 7) is 4.49. The van der Waals surface area contributed by atoms with Crippen LogP contribution in [0.4, 0.5) is 0 Å². The standard InChI is InChI=1S/C14H23N3O5.CH4O/c18-9-5-15(1-2-16(6-10-19)7-11-20)3-4-17-8-12-22-14(21)13-17;1-2/h9-11H,1-8,12-13H2;2H,1H3. The molecule has 1 N–H and O–H groups in total. The first-order valence-electron chi connectivity index (χ1n) is 7.78. The van der Waals surface area contributed by atoms with Gasteiger partial charge in [-0.3, -0.25) is 19.5 Å². The molecular formula is C15H27N3O6. The number of morpholine rings is 1. The summed E-state index contributed by atoms with van der Waals surface area (Å²) >= 11 is 0. The molecule has 1 fully saturated rings. The number of cyclic esters (lactones) is 1. The summed E-state index contributed by atoms with van der Waals surface area (Å²) in [7, 11) is 1.00. The quantitative estimate of drug-likeness (QED) is 0.307. The molecule has 0 aliphatic carbocycles. The van der Waals surface area contributed by atoms with Crippen LogP contribution in [-0.4, -0.2) is 117 Å². The van der Waals surface area contributed by atoms with Gasteiger partial charge in [0.15, 0.2) is 0 Å². The van der Waals surface area contributed by atoms with Crippen LogP contribution in [0.2, 0.25) is 0 Å². The SMILES string of the molecule is CO.O=CCN(CC=O)CCN(CC=O)CCN1CCOC(=O)C1. The maximum atomic E-state index is 11.2. The topological polar surface area (TPSA) is 107 Å². The van der Waals surface area contributed by atoms with Crippen LogP contribution in [0.1, 0.15) is 0 Å². The van der Waals surface area contributed by atoms with E-state index in [-0.39, 0.29) is 32.1 Å². The van der Waals surface area contributed by atoms with E-state index in [1.54, 1.807) is 4.90 Å². The molecule has 0 spiro atoms. The van der Waals surface area contributed by atoms with Gasteiger partial charge in [0.25, 0.3) is 0 Å². The molecule has 1 saturated heterocycles. The lowest BCUT2D eigenvalue weighted by Gasteiger charge is -2.29. The zero-order valence-electron chi connectivity index (χ0n) is 14.1. The van der Waals surface area contributed by atoms with Crippen LogP contribution < -0.4 is 0 Å². The zero-order chi connectivity index (χ0) is 18.2. The number of nitrogens with zero attached hydrogens (tertiary/aromatic N) is 3. The maximum Gasteiger partial charge on any atom is 0.320 e. The van der Waals surface area contributed by atoms with E-state index in [0.717, 1.165) is 26.0 Å². The van der Waals surface area contributed by atoms with Gasteiger partial charge in [-0.25, -0.2) is 0 Å². The number of aliphatic hydroxyl groups excluding tert-OH is 1. The van der Waals surface area contributed by atoms with E-state index in [9.17, 15) is 19.2 Å². The summed E-state index contributed by atoms with van der Waals surface area (Å²) in [5.74, 6) is -0.226. The smallest absolute Gasteiger partial charge is 0.320 e. The lowest BCUT2D eigenvalue weighted by molar-refractivity contribution is -0.150. The number of aliphatic hydroxyl groups is 1. The van der Waals surface area contributed by atoms with Crippen molar-refractivity contribution < 1.29 is 29.0 Å². The third kappa shape index (κ3) is 10.2. The fraction of sp³-hybridized carbons (Fsp3) is 0.733. The van der Waals surface area contributed by atoms with Gasteiger partial charge in [0, 0.05) is 39.8 Å². The number of esters is 1. The second kappa shape index (κ2) is 14.9. The molecular weight excluding hydrogens is 318 g/mol. The molecule has 9 heteroatoms. The molecule has 24 heavy (non-hydrogen) atoms. The van der Waals surface area contributed by atoms with Crippen LogP contribution in [-0.2, 0) is 23.9 Å². The molecule has 0 aromatic carbocycles. The molecule has 138 valence electrons. The predicted octanol–water partition coefficient (Wildman–Crippen LogP) is -2.35. The minimum Gasteiger partial charge on any atom is -0.463 e. The predicted molar refractivity (Wildman–Crippen MR) is 86.6 cm³/mol. The van der Waals surface area contributed by atoms with Crippen molar-refractivity contribution in [3.8, 4) is 0 Å². The van der Waals surface area contributed by atoms with E-state index < -0.39 is 0 Å². The van der Waals surface area contributed by atoms with Gasteiger partial charge in [0.05, 0.1) is 26.2 Å². The largest absolute Gasteiger partial charge is 0.463 e. The first kappa shape index (κ1) is 22.3. The molecule has 0 unspecified atom stereocenters. The van der Waals surface area contributed by atoms with Crippen LogP contribution >= 0.6 is 0 Å². The number of aldehydes is 3. The van der Waals surface area contributed by atoms with Crippen LogP contribution in [0.3, 0.4) is 0 Å². The summed E-state index contributed by atoms with van der Waals surface area (Å²) in [6, 6.07) is 0. The molecule has 0 saturated carbocycles. The average molecular weight is 345 g/mol. The molecule has 0 aromatic rings. The Balaban J connectivity index is 0.00000254. The van der Waals surface area contributed by atoms with Gasteiger partial charge >= 0.3 is 5.97 Å². The van der Waals surface area contributed by atoms with Gasteiger partial charge in [0.1, 0.15) is 25.5 Å². The van der Waals surface area contributed by atoms with Crippen molar-refractivity contribution in [1.82, 2.24) is 14.7 Å². The van der Waals surface area contributed by atoms with E-state index in [1.807, 2.05) is 9.80 Å². The van der Waals surface area contributed by atoms with Gasteiger partial charge in [-0.2, -0.15) is 0 Å². The van der Waals surface area contributed by atoms with E-state index in [1.165, 1.54) is 0 Å². The number of ether oxygens (including phenoxy) is 1. The molecule has 0 amide bonds. The minimum absolute atomic E-state index is 0.200. The Kier molecular flexibility index (Phi) is 13.8.